The van der Waals surface area contributed by atoms with Crippen molar-refractivity contribution in [2.45, 2.75) is 199 Å². The summed E-state index contributed by atoms with van der Waals surface area (Å²) in [4.78, 5) is 22.5. The molecule has 9 nitrogen and oxygen atoms in total. The van der Waals surface area contributed by atoms with E-state index in [1.807, 2.05) is 0 Å². The first kappa shape index (κ1) is 46.5. The highest BCUT2D eigenvalue weighted by atomic mass is 31.2. The number of carbonyl (C=O) groups excluding carboxylic acids is 1. The molecule has 0 heterocycles. The summed E-state index contributed by atoms with van der Waals surface area (Å²) in [6.07, 6.45) is 30.5. The number of aliphatic hydroxyl groups excluding tert-OH is 2. The van der Waals surface area contributed by atoms with Crippen LogP contribution in [0.3, 0.4) is 0 Å². The van der Waals surface area contributed by atoms with E-state index < -0.39 is 33.2 Å². The summed E-state index contributed by atoms with van der Waals surface area (Å²) in [6, 6.07) is 0. The average molecular weight is 695 g/mol. The Morgan fingerprint density at radius 3 is 1.38 bits per heavy atom. The smallest absolute Gasteiger partial charge is 0.457 e. The van der Waals surface area contributed by atoms with E-state index >= 15 is 0 Å². The van der Waals surface area contributed by atoms with Gasteiger partial charge in [0.15, 0.2) is 0 Å². The summed E-state index contributed by atoms with van der Waals surface area (Å²) in [6.45, 7) is 3.55. The van der Waals surface area contributed by atoms with Crippen molar-refractivity contribution in [3.63, 3.8) is 0 Å². The number of phosphoric acid groups is 1. The van der Waals surface area contributed by atoms with Crippen LogP contribution < -0.4 is 0 Å². The molecule has 0 aliphatic heterocycles. The van der Waals surface area contributed by atoms with Gasteiger partial charge in [-0.15, -0.1) is 0 Å². The number of rotatable bonds is 38. The van der Waals surface area contributed by atoms with E-state index in [1.54, 1.807) is 0 Å². The lowest BCUT2D eigenvalue weighted by Crippen LogP contribution is -2.29. The second-order valence-electron chi connectivity index (χ2n) is 13.3. The minimum atomic E-state index is -4.50. The van der Waals surface area contributed by atoms with Crippen LogP contribution >= 0.6 is 7.82 Å². The van der Waals surface area contributed by atoms with Crippen LogP contribution in [-0.4, -0.2) is 66.3 Å². The van der Waals surface area contributed by atoms with E-state index in [9.17, 15) is 19.4 Å². The van der Waals surface area contributed by atoms with Crippen molar-refractivity contribution in [1.82, 2.24) is 0 Å². The zero-order chi connectivity index (χ0) is 34.7. The van der Waals surface area contributed by atoms with Gasteiger partial charge in [0, 0.05) is 13.0 Å². The predicted octanol–water partition coefficient (Wildman–Crippen LogP) is 9.97. The Bertz CT molecular complexity index is 709. The van der Waals surface area contributed by atoms with Crippen molar-refractivity contribution >= 4 is 13.8 Å². The normalized spacial score (nSPS) is 14.2. The maximum Gasteiger partial charge on any atom is 0.472 e. The Morgan fingerprint density at radius 2 is 0.957 bits per heavy atom. The zero-order valence-corrected chi connectivity index (χ0v) is 31.4. The number of carbonyl (C=O) groups is 1. The first-order valence-corrected chi connectivity index (χ1v) is 21.0. The minimum absolute atomic E-state index is 0.0573. The van der Waals surface area contributed by atoms with Gasteiger partial charge in [0.1, 0.15) is 12.2 Å². The Morgan fingerprint density at radius 1 is 0.574 bits per heavy atom. The highest BCUT2D eigenvalue weighted by Crippen LogP contribution is 2.43. The molecule has 282 valence electrons. The van der Waals surface area contributed by atoms with Gasteiger partial charge in [-0.05, 0) is 12.8 Å². The first-order valence-electron chi connectivity index (χ1n) is 19.5. The van der Waals surface area contributed by atoms with Gasteiger partial charge in [-0.25, -0.2) is 4.57 Å². The Labute approximate surface area is 288 Å². The number of esters is 1. The quantitative estimate of drug-likeness (QED) is 0.0328. The molecule has 0 rings (SSSR count). The fraction of sp³-hybridized carbons (Fsp3) is 0.973. The summed E-state index contributed by atoms with van der Waals surface area (Å²) in [7, 11) is -4.50. The van der Waals surface area contributed by atoms with Crippen molar-refractivity contribution < 1.29 is 43.0 Å². The molecule has 0 spiro atoms. The lowest BCUT2D eigenvalue weighted by molar-refractivity contribution is -0.154. The molecule has 0 aromatic heterocycles. The van der Waals surface area contributed by atoms with Crippen molar-refractivity contribution in [3.8, 4) is 0 Å². The molecule has 10 heteroatoms. The fourth-order valence-electron chi connectivity index (χ4n) is 5.53. The third kappa shape index (κ3) is 35.1. The summed E-state index contributed by atoms with van der Waals surface area (Å²) < 4.78 is 33.2. The van der Waals surface area contributed by atoms with Crippen molar-refractivity contribution in [3.05, 3.63) is 0 Å². The second kappa shape index (κ2) is 35.3. The number of unbranched alkanes of at least 4 members (excludes halogenated alkanes) is 24. The summed E-state index contributed by atoms with van der Waals surface area (Å²) in [5.41, 5.74) is 0. The maximum atomic E-state index is 12.5. The molecule has 0 amide bonds. The molecule has 3 N–H and O–H groups in total. The van der Waals surface area contributed by atoms with Gasteiger partial charge in [0.25, 0.3) is 0 Å². The molecule has 0 aromatic rings. The van der Waals surface area contributed by atoms with E-state index in [1.165, 1.54) is 135 Å². The van der Waals surface area contributed by atoms with Crippen molar-refractivity contribution in [1.29, 1.82) is 0 Å². The summed E-state index contributed by atoms with van der Waals surface area (Å²) in [5.74, 6) is -0.379. The molecule has 0 aliphatic carbocycles. The third-order valence-electron chi connectivity index (χ3n) is 8.54. The van der Waals surface area contributed by atoms with Crippen LogP contribution in [0.1, 0.15) is 187 Å². The van der Waals surface area contributed by atoms with E-state index in [0.29, 0.717) is 6.61 Å². The van der Waals surface area contributed by atoms with Crippen LogP contribution in [0.2, 0.25) is 0 Å². The molecule has 0 saturated heterocycles. The van der Waals surface area contributed by atoms with Crippen LogP contribution in [0.15, 0.2) is 0 Å². The number of hydrogen-bond acceptors (Lipinski definition) is 8. The van der Waals surface area contributed by atoms with E-state index in [4.69, 9.17) is 23.6 Å². The van der Waals surface area contributed by atoms with Gasteiger partial charge in [0.05, 0.1) is 26.4 Å². The molecular formula is C37H75O9P. The molecule has 0 radical (unpaired) electrons. The predicted molar refractivity (Wildman–Crippen MR) is 192 cm³/mol. The molecule has 0 saturated carbocycles. The van der Waals surface area contributed by atoms with Crippen LogP contribution in [0, 0.1) is 0 Å². The number of phosphoric ester groups is 1. The SMILES string of the molecule is CCCCCCCCCCCCCCCCC(=O)O[C@H](COCCCCCCCCCCCCCC)COP(=O)(O)OC[C@@H](O)CO. The minimum Gasteiger partial charge on any atom is -0.457 e. The molecule has 1 unspecified atom stereocenters. The number of ether oxygens (including phenoxy) is 2. The Balaban J connectivity index is 4.19. The molecule has 0 fully saturated rings. The van der Waals surface area contributed by atoms with Gasteiger partial charge >= 0.3 is 13.8 Å². The summed E-state index contributed by atoms with van der Waals surface area (Å²) >= 11 is 0. The van der Waals surface area contributed by atoms with Gasteiger partial charge in [0.2, 0.25) is 0 Å². The van der Waals surface area contributed by atoms with Crippen LogP contribution in [-0.2, 0) is 27.9 Å². The van der Waals surface area contributed by atoms with Gasteiger partial charge < -0.3 is 24.6 Å². The van der Waals surface area contributed by atoms with Crippen molar-refractivity contribution in [2.24, 2.45) is 0 Å². The highest BCUT2D eigenvalue weighted by molar-refractivity contribution is 7.47. The number of aliphatic hydroxyl groups is 2. The van der Waals surface area contributed by atoms with Gasteiger partial charge in [-0.2, -0.15) is 0 Å². The molecule has 0 aliphatic rings. The van der Waals surface area contributed by atoms with Gasteiger partial charge in [-0.1, -0.05) is 168 Å². The Hall–Kier alpha value is -0.540. The van der Waals surface area contributed by atoms with E-state index in [0.717, 1.165) is 32.1 Å². The third-order valence-corrected chi connectivity index (χ3v) is 9.49. The van der Waals surface area contributed by atoms with Crippen LogP contribution in [0.5, 0.6) is 0 Å². The standard InChI is InChI=1S/C37H75O9P/c1-3-5-7-9-11-13-15-17-18-19-21-23-25-27-29-37(40)46-36(34-45-47(41,42)44-32-35(39)31-38)33-43-30-28-26-24-22-20-16-14-12-10-8-6-4-2/h35-36,38-39H,3-34H2,1-2H3,(H,41,42)/t35-,36+/m0/s1. The molecule has 0 bridgehead atoms. The zero-order valence-electron chi connectivity index (χ0n) is 30.5. The highest BCUT2D eigenvalue weighted by Gasteiger charge is 2.26. The average Bonchev–Trinajstić information content (AvgIpc) is 3.06. The second-order valence-corrected chi connectivity index (χ2v) is 14.8. The van der Waals surface area contributed by atoms with Crippen molar-refractivity contribution in [2.75, 3.05) is 33.0 Å². The fourth-order valence-corrected chi connectivity index (χ4v) is 6.32. The maximum absolute atomic E-state index is 12.5. The van der Waals surface area contributed by atoms with E-state index in [2.05, 4.69) is 13.8 Å². The monoisotopic (exact) mass is 695 g/mol. The molecule has 3 atom stereocenters. The molecule has 0 aromatic carbocycles. The Kier molecular flexibility index (Phi) is 34.9. The molecular weight excluding hydrogens is 619 g/mol. The summed E-state index contributed by atoms with van der Waals surface area (Å²) in [5, 5.41) is 18.3. The topological polar surface area (TPSA) is 132 Å². The van der Waals surface area contributed by atoms with Gasteiger partial charge in [-0.3, -0.25) is 13.8 Å². The lowest BCUT2D eigenvalue weighted by Gasteiger charge is -2.20. The van der Waals surface area contributed by atoms with E-state index in [-0.39, 0.29) is 25.6 Å². The first-order chi connectivity index (χ1) is 22.8. The van der Waals surface area contributed by atoms with Crippen LogP contribution in [0.4, 0.5) is 0 Å². The number of hydrogen-bond donors (Lipinski definition) is 3. The van der Waals surface area contributed by atoms with Crippen LogP contribution in [0.25, 0.3) is 0 Å². The largest absolute Gasteiger partial charge is 0.472 e. The molecule has 47 heavy (non-hydrogen) atoms. The lowest BCUT2D eigenvalue weighted by atomic mass is 10.0.